The molecule has 0 aliphatic heterocycles. The molecule has 38 heavy (non-hydrogen) atoms. The number of methoxy groups -OCH3 is 1. The molecular formula is C28H26ClFN6O2. The van der Waals surface area contributed by atoms with Crippen LogP contribution in [0.4, 0.5) is 10.3 Å². The van der Waals surface area contributed by atoms with Crippen molar-refractivity contribution in [2.45, 2.75) is 32.9 Å². The summed E-state index contributed by atoms with van der Waals surface area (Å²) in [5.74, 6) is 0.797. The largest absolute Gasteiger partial charge is 0.493 e. The van der Waals surface area contributed by atoms with Crippen molar-refractivity contribution in [2.75, 3.05) is 12.5 Å². The van der Waals surface area contributed by atoms with Gasteiger partial charge in [-0.1, -0.05) is 49.2 Å². The number of aromatic nitrogens is 4. The molecule has 2 heterocycles. The highest BCUT2D eigenvalue weighted by molar-refractivity contribution is 6.31. The lowest BCUT2D eigenvalue weighted by Gasteiger charge is -2.12. The van der Waals surface area contributed by atoms with Crippen LogP contribution >= 0.6 is 11.6 Å². The first kappa shape index (κ1) is 25.4. The molecule has 0 fully saturated rings. The molecule has 0 radical (unpaired) electrons. The maximum atomic E-state index is 14.1. The molecule has 8 nitrogen and oxygen atoms in total. The number of hydrazone groups is 1. The Morgan fingerprint density at radius 3 is 2.76 bits per heavy atom. The predicted molar refractivity (Wildman–Crippen MR) is 148 cm³/mol. The summed E-state index contributed by atoms with van der Waals surface area (Å²) in [5, 5.41) is 14.2. The topological polar surface area (TPSA) is 86.5 Å². The van der Waals surface area contributed by atoms with Crippen molar-refractivity contribution in [3.8, 4) is 11.5 Å². The third kappa shape index (κ3) is 5.24. The van der Waals surface area contributed by atoms with Gasteiger partial charge in [-0.05, 0) is 48.4 Å². The molecule has 0 unspecified atom stereocenters. The SMILES string of the molecule is CCCCn1c2ccccc2c2nnc(N/N=C/c3ccc(OCc4c(F)cccc4Cl)c(OC)c3)nc21. The van der Waals surface area contributed by atoms with E-state index in [1.165, 1.54) is 13.2 Å². The summed E-state index contributed by atoms with van der Waals surface area (Å²) >= 11 is 6.09. The number of nitrogens with one attached hydrogen (secondary N) is 1. The number of para-hydroxylation sites is 1. The number of nitrogens with zero attached hydrogens (tertiary/aromatic N) is 5. The Balaban J connectivity index is 1.32. The van der Waals surface area contributed by atoms with Crippen LogP contribution in [0.2, 0.25) is 5.02 Å². The van der Waals surface area contributed by atoms with Crippen molar-refractivity contribution in [2.24, 2.45) is 5.10 Å². The van der Waals surface area contributed by atoms with Gasteiger partial charge in [0.05, 0.1) is 23.9 Å². The second-order valence-corrected chi connectivity index (χ2v) is 9.01. The molecule has 194 valence electrons. The first-order chi connectivity index (χ1) is 18.6. The van der Waals surface area contributed by atoms with Crippen LogP contribution in [0.1, 0.15) is 30.9 Å². The number of benzene rings is 3. The van der Waals surface area contributed by atoms with Crippen LogP contribution in [0.25, 0.3) is 22.1 Å². The number of halogens is 2. The Bertz CT molecular complexity index is 1600. The third-order valence-electron chi connectivity index (χ3n) is 6.11. The predicted octanol–water partition coefficient (Wildman–Crippen LogP) is 6.61. The van der Waals surface area contributed by atoms with E-state index in [0.29, 0.717) is 22.5 Å². The molecule has 1 N–H and O–H groups in total. The average Bonchev–Trinajstić information content (AvgIpc) is 3.24. The maximum Gasteiger partial charge on any atom is 0.265 e. The molecular weight excluding hydrogens is 507 g/mol. The highest BCUT2D eigenvalue weighted by Gasteiger charge is 2.14. The van der Waals surface area contributed by atoms with Crippen molar-refractivity contribution < 1.29 is 13.9 Å². The fourth-order valence-electron chi connectivity index (χ4n) is 4.16. The zero-order valence-corrected chi connectivity index (χ0v) is 21.7. The van der Waals surface area contributed by atoms with Gasteiger partial charge in [-0.15, -0.1) is 10.2 Å². The molecule has 0 saturated carbocycles. The van der Waals surface area contributed by atoms with Crippen molar-refractivity contribution in [3.05, 3.63) is 82.6 Å². The normalized spacial score (nSPS) is 11.5. The van der Waals surface area contributed by atoms with Gasteiger partial charge in [0.1, 0.15) is 17.9 Å². The first-order valence-electron chi connectivity index (χ1n) is 12.2. The molecule has 0 spiro atoms. The summed E-state index contributed by atoms with van der Waals surface area (Å²) in [6.07, 6.45) is 3.72. The molecule has 0 amide bonds. The fourth-order valence-corrected chi connectivity index (χ4v) is 4.38. The monoisotopic (exact) mass is 532 g/mol. The van der Waals surface area contributed by atoms with Gasteiger partial charge < -0.3 is 14.0 Å². The van der Waals surface area contributed by atoms with Crippen LogP contribution in [0.15, 0.2) is 65.8 Å². The van der Waals surface area contributed by atoms with Crippen LogP contribution in [0, 0.1) is 5.82 Å². The molecule has 5 aromatic rings. The zero-order valence-electron chi connectivity index (χ0n) is 21.0. The summed E-state index contributed by atoms with van der Waals surface area (Å²) in [4.78, 5) is 4.69. The van der Waals surface area contributed by atoms with Crippen LogP contribution in [0.5, 0.6) is 11.5 Å². The van der Waals surface area contributed by atoms with Gasteiger partial charge in [0, 0.05) is 17.5 Å². The maximum absolute atomic E-state index is 14.1. The Morgan fingerprint density at radius 1 is 1.08 bits per heavy atom. The summed E-state index contributed by atoms with van der Waals surface area (Å²) < 4.78 is 27.5. The van der Waals surface area contributed by atoms with E-state index in [2.05, 4.69) is 38.3 Å². The minimum atomic E-state index is -0.424. The molecule has 10 heteroatoms. The number of ether oxygens (including phenoxy) is 2. The molecule has 0 aliphatic carbocycles. The highest BCUT2D eigenvalue weighted by Crippen LogP contribution is 2.30. The number of rotatable bonds is 10. The lowest BCUT2D eigenvalue weighted by molar-refractivity contribution is 0.280. The second kappa shape index (κ2) is 11.4. The zero-order chi connectivity index (χ0) is 26.5. The van der Waals surface area contributed by atoms with Crippen molar-refractivity contribution in [1.82, 2.24) is 19.7 Å². The van der Waals surface area contributed by atoms with E-state index in [4.69, 9.17) is 26.1 Å². The average molecular weight is 533 g/mol. The minimum absolute atomic E-state index is 0.0291. The van der Waals surface area contributed by atoms with Crippen molar-refractivity contribution in [3.63, 3.8) is 0 Å². The number of hydrogen-bond donors (Lipinski definition) is 1. The Hall–Kier alpha value is -4.24. The molecule has 0 bridgehead atoms. The van der Waals surface area contributed by atoms with Gasteiger partial charge in [0.25, 0.3) is 5.95 Å². The van der Waals surface area contributed by atoms with Gasteiger partial charge in [-0.2, -0.15) is 10.1 Å². The smallest absolute Gasteiger partial charge is 0.265 e. The number of fused-ring (bicyclic) bond motifs is 3. The van der Waals surface area contributed by atoms with E-state index in [0.717, 1.165) is 47.0 Å². The van der Waals surface area contributed by atoms with Gasteiger partial charge in [0.15, 0.2) is 17.1 Å². The molecule has 2 aromatic heterocycles. The van der Waals surface area contributed by atoms with Crippen LogP contribution < -0.4 is 14.9 Å². The minimum Gasteiger partial charge on any atom is -0.493 e. The molecule has 0 aliphatic rings. The van der Waals surface area contributed by atoms with E-state index in [9.17, 15) is 4.39 Å². The molecule has 0 atom stereocenters. The van der Waals surface area contributed by atoms with Gasteiger partial charge >= 0.3 is 0 Å². The summed E-state index contributed by atoms with van der Waals surface area (Å²) in [5.41, 5.74) is 6.52. The number of hydrogen-bond acceptors (Lipinski definition) is 7. The van der Waals surface area contributed by atoms with E-state index in [1.807, 2.05) is 18.2 Å². The van der Waals surface area contributed by atoms with Crippen molar-refractivity contribution in [1.29, 1.82) is 0 Å². The summed E-state index contributed by atoms with van der Waals surface area (Å²) in [7, 11) is 1.53. The van der Waals surface area contributed by atoms with E-state index in [1.54, 1.807) is 36.5 Å². The Morgan fingerprint density at radius 2 is 1.95 bits per heavy atom. The number of anilines is 1. The highest BCUT2D eigenvalue weighted by atomic mass is 35.5. The quantitative estimate of drug-likeness (QED) is 0.161. The van der Waals surface area contributed by atoms with Crippen molar-refractivity contribution >= 4 is 45.8 Å². The Labute approximate surface area is 224 Å². The van der Waals surface area contributed by atoms with Crippen LogP contribution in [0.3, 0.4) is 0 Å². The Kier molecular flexibility index (Phi) is 7.65. The molecule has 3 aromatic carbocycles. The summed E-state index contributed by atoms with van der Waals surface area (Å²) in [6, 6.07) is 17.9. The van der Waals surface area contributed by atoms with Gasteiger partial charge in [-0.3, -0.25) is 0 Å². The van der Waals surface area contributed by atoms with E-state index < -0.39 is 5.82 Å². The lowest BCUT2D eigenvalue weighted by atomic mass is 10.2. The fraction of sp³-hybridized carbons (Fsp3) is 0.214. The molecule has 0 saturated heterocycles. The first-order valence-corrected chi connectivity index (χ1v) is 12.6. The van der Waals surface area contributed by atoms with E-state index >= 15 is 0 Å². The standard InChI is InChI=1S/C28H26ClFN6O2/c1-3-4-14-36-23-11-6-5-8-19(23)26-27(36)32-28(35-33-26)34-31-16-18-12-13-24(25(15-18)37-2)38-17-20-21(29)9-7-10-22(20)30/h5-13,15-16H,3-4,14,17H2,1-2H3,(H,32,34,35)/b31-16+. The van der Waals surface area contributed by atoms with Gasteiger partial charge in [0.2, 0.25) is 0 Å². The third-order valence-corrected chi connectivity index (χ3v) is 6.46. The van der Waals surface area contributed by atoms with E-state index in [-0.39, 0.29) is 12.2 Å². The number of unbranched alkanes of at least 4 members (excludes halogenated alkanes) is 1. The number of aryl methyl sites for hydroxylation is 1. The van der Waals surface area contributed by atoms with Crippen LogP contribution in [-0.4, -0.2) is 33.1 Å². The van der Waals surface area contributed by atoms with Gasteiger partial charge in [-0.25, -0.2) is 9.82 Å². The van der Waals surface area contributed by atoms with Crippen LogP contribution in [-0.2, 0) is 13.2 Å². The second-order valence-electron chi connectivity index (χ2n) is 8.60. The lowest BCUT2D eigenvalue weighted by Crippen LogP contribution is -2.03. The summed E-state index contributed by atoms with van der Waals surface area (Å²) in [6.45, 7) is 2.98. The molecule has 5 rings (SSSR count).